The Bertz CT molecular complexity index is 843. The summed E-state index contributed by atoms with van der Waals surface area (Å²) in [6.45, 7) is 0. The van der Waals surface area contributed by atoms with E-state index in [-0.39, 0.29) is 11.8 Å². The van der Waals surface area contributed by atoms with E-state index in [4.69, 9.17) is 4.98 Å². The third-order valence-electron chi connectivity index (χ3n) is 5.43. The topological polar surface area (TPSA) is 71.1 Å². The Kier molecular flexibility index (Phi) is 6.87. The number of carbonyl (C=O) groups excluding carboxylic acids is 2. The van der Waals surface area contributed by atoms with Crippen LogP contribution in [0.15, 0.2) is 34.7 Å². The molecule has 29 heavy (non-hydrogen) atoms. The van der Waals surface area contributed by atoms with Crippen molar-refractivity contribution < 1.29 is 9.59 Å². The smallest absolute Gasteiger partial charge is 0.230 e. The first kappa shape index (κ1) is 20.4. The normalized spacial score (nSPS) is 16.7. The maximum atomic E-state index is 12.6. The van der Waals surface area contributed by atoms with Gasteiger partial charge in [0, 0.05) is 18.0 Å². The molecule has 1 aromatic heterocycles. The van der Waals surface area contributed by atoms with Gasteiger partial charge in [-0.2, -0.15) is 0 Å². The number of rotatable bonds is 9. The van der Waals surface area contributed by atoms with Gasteiger partial charge in [-0.1, -0.05) is 79.1 Å². The number of hydrogen-bond acceptors (Lipinski definition) is 5. The van der Waals surface area contributed by atoms with Gasteiger partial charge in [-0.05, 0) is 25.2 Å². The largest absolute Gasteiger partial charge is 0.353 e. The van der Waals surface area contributed by atoms with E-state index in [0.717, 1.165) is 39.9 Å². The number of amides is 2. The Balaban J connectivity index is 1.41. The van der Waals surface area contributed by atoms with Crippen LogP contribution in [0.25, 0.3) is 11.3 Å². The van der Waals surface area contributed by atoms with E-state index in [1.54, 1.807) is 0 Å². The van der Waals surface area contributed by atoms with Crippen LogP contribution in [-0.4, -0.2) is 28.6 Å². The third kappa shape index (κ3) is 6.06. The van der Waals surface area contributed by atoms with Crippen molar-refractivity contribution in [3.8, 4) is 11.3 Å². The molecule has 0 unspecified atom stereocenters. The number of anilines is 1. The first-order chi connectivity index (χ1) is 14.2. The maximum Gasteiger partial charge on any atom is 0.230 e. The molecule has 2 fully saturated rings. The average molecular weight is 430 g/mol. The molecule has 2 aromatic rings. The van der Waals surface area contributed by atoms with Gasteiger partial charge < -0.3 is 10.6 Å². The Hall–Kier alpha value is -1.86. The molecule has 0 radical (unpaired) electrons. The van der Waals surface area contributed by atoms with Crippen LogP contribution in [0.1, 0.15) is 51.4 Å². The third-order valence-corrected chi connectivity index (χ3v) is 7.55. The average Bonchev–Trinajstić information content (AvgIpc) is 3.22. The van der Waals surface area contributed by atoms with Gasteiger partial charge in [0.25, 0.3) is 0 Å². The summed E-state index contributed by atoms with van der Waals surface area (Å²) in [5, 5.41) is 6.86. The molecule has 0 atom stereocenters. The van der Waals surface area contributed by atoms with Crippen LogP contribution in [0, 0.1) is 5.92 Å². The number of aromatic nitrogens is 1. The Labute approximate surface area is 180 Å². The molecule has 1 heterocycles. The first-order valence-electron chi connectivity index (χ1n) is 10.5. The first-order valence-corrected chi connectivity index (χ1v) is 12.3. The number of hydrogen-bond donors (Lipinski definition) is 2. The number of nitrogens with one attached hydrogen (secondary N) is 2. The van der Waals surface area contributed by atoms with Crippen molar-refractivity contribution in [3.05, 3.63) is 30.3 Å². The highest BCUT2D eigenvalue weighted by atomic mass is 32.2. The minimum Gasteiger partial charge on any atom is -0.353 e. The SMILES string of the molecule is O=C(CCC1CCCC1)Nc1sc(SCC(=O)NC2CC2)nc1-c1ccccc1. The maximum absolute atomic E-state index is 12.6. The highest BCUT2D eigenvalue weighted by Crippen LogP contribution is 2.38. The lowest BCUT2D eigenvalue weighted by molar-refractivity contribution is -0.118. The van der Waals surface area contributed by atoms with Crippen molar-refractivity contribution in [1.29, 1.82) is 0 Å². The summed E-state index contributed by atoms with van der Waals surface area (Å²) in [7, 11) is 0. The molecule has 1 aromatic carbocycles. The van der Waals surface area contributed by atoms with E-state index in [1.807, 2.05) is 30.3 Å². The minimum atomic E-state index is 0.0520. The number of nitrogens with zero attached hydrogens (tertiary/aromatic N) is 1. The van der Waals surface area contributed by atoms with Crippen LogP contribution >= 0.6 is 23.1 Å². The second-order valence-electron chi connectivity index (χ2n) is 7.89. The summed E-state index contributed by atoms with van der Waals surface area (Å²) in [6.07, 6.45) is 8.81. The van der Waals surface area contributed by atoms with Crippen molar-refractivity contribution in [2.45, 2.75) is 61.7 Å². The van der Waals surface area contributed by atoms with Crippen LogP contribution in [0.2, 0.25) is 0 Å². The molecule has 4 rings (SSSR count). The molecule has 0 bridgehead atoms. The predicted molar refractivity (Wildman–Crippen MR) is 119 cm³/mol. The monoisotopic (exact) mass is 429 g/mol. The zero-order valence-electron chi connectivity index (χ0n) is 16.5. The van der Waals surface area contributed by atoms with Gasteiger partial charge in [0.2, 0.25) is 11.8 Å². The van der Waals surface area contributed by atoms with Crippen molar-refractivity contribution in [3.63, 3.8) is 0 Å². The molecule has 0 aliphatic heterocycles. The van der Waals surface area contributed by atoms with Gasteiger partial charge in [-0.25, -0.2) is 4.98 Å². The molecule has 2 aliphatic rings. The second-order valence-corrected chi connectivity index (χ2v) is 10.1. The van der Waals surface area contributed by atoms with Gasteiger partial charge in [-0.3, -0.25) is 9.59 Å². The fourth-order valence-electron chi connectivity index (χ4n) is 3.69. The highest BCUT2D eigenvalue weighted by molar-refractivity contribution is 8.01. The Morgan fingerprint density at radius 2 is 1.83 bits per heavy atom. The minimum absolute atomic E-state index is 0.0520. The van der Waals surface area contributed by atoms with E-state index in [0.29, 0.717) is 24.1 Å². The summed E-state index contributed by atoms with van der Waals surface area (Å²) >= 11 is 2.89. The number of thioether (sulfide) groups is 1. The van der Waals surface area contributed by atoms with E-state index >= 15 is 0 Å². The van der Waals surface area contributed by atoms with Crippen molar-refractivity contribution >= 4 is 39.9 Å². The van der Waals surface area contributed by atoms with Crippen LogP contribution < -0.4 is 10.6 Å². The molecule has 154 valence electrons. The van der Waals surface area contributed by atoms with E-state index in [9.17, 15) is 9.59 Å². The van der Waals surface area contributed by atoms with Gasteiger partial charge in [-0.15, -0.1) is 0 Å². The summed E-state index contributed by atoms with van der Waals surface area (Å²) in [4.78, 5) is 29.3. The molecule has 2 N–H and O–H groups in total. The Morgan fingerprint density at radius 1 is 1.07 bits per heavy atom. The fourth-order valence-corrected chi connectivity index (χ4v) is 5.58. The van der Waals surface area contributed by atoms with Crippen molar-refractivity contribution in [2.24, 2.45) is 5.92 Å². The van der Waals surface area contributed by atoms with E-state index < -0.39 is 0 Å². The second kappa shape index (κ2) is 9.76. The van der Waals surface area contributed by atoms with E-state index in [1.165, 1.54) is 48.8 Å². The summed E-state index contributed by atoms with van der Waals surface area (Å²) in [5.41, 5.74) is 1.76. The molecule has 5 nitrogen and oxygen atoms in total. The van der Waals surface area contributed by atoms with Crippen LogP contribution in [-0.2, 0) is 9.59 Å². The molecule has 2 aliphatic carbocycles. The lowest BCUT2D eigenvalue weighted by atomic mass is 10.0. The zero-order chi connectivity index (χ0) is 20.1. The lowest BCUT2D eigenvalue weighted by Crippen LogP contribution is -2.26. The lowest BCUT2D eigenvalue weighted by Gasteiger charge is -2.09. The van der Waals surface area contributed by atoms with Crippen LogP contribution in [0.3, 0.4) is 0 Å². The summed E-state index contributed by atoms with van der Waals surface area (Å²) in [6, 6.07) is 10.3. The van der Waals surface area contributed by atoms with Crippen molar-refractivity contribution in [1.82, 2.24) is 10.3 Å². The summed E-state index contributed by atoms with van der Waals surface area (Å²) in [5.74, 6) is 1.16. The highest BCUT2D eigenvalue weighted by Gasteiger charge is 2.24. The Morgan fingerprint density at radius 3 is 2.55 bits per heavy atom. The quantitative estimate of drug-likeness (QED) is 0.545. The van der Waals surface area contributed by atoms with Crippen molar-refractivity contribution in [2.75, 3.05) is 11.1 Å². The number of thiazole rings is 1. The molecular formula is C22H27N3O2S2. The molecular weight excluding hydrogens is 402 g/mol. The van der Waals surface area contributed by atoms with E-state index in [2.05, 4.69) is 10.6 Å². The van der Waals surface area contributed by atoms with Gasteiger partial charge >= 0.3 is 0 Å². The van der Waals surface area contributed by atoms with Gasteiger partial charge in [0.1, 0.15) is 10.7 Å². The van der Waals surface area contributed by atoms with Gasteiger partial charge in [0.05, 0.1) is 5.75 Å². The molecule has 7 heteroatoms. The predicted octanol–water partition coefficient (Wildman–Crippen LogP) is 5.09. The molecule has 2 saturated carbocycles. The number of benzene rings is 1. The van der Waals surface area contributed by atoms with Crippen LogP contribution in [0.4, 0.5) is 5.00 Å². The molecule has 2 amide bonds. The molecule has 0 saturated heterocycles. The summed E-state index contributed by atoms with van der Waals surface area (Å²) < 4.78 is 0.806. The standard InChI is InChI=1S/C22H27N3O2S2/c26-18(13-10-15-6-4-5-7-15)24-21-20(16-8-2-1-3-9-16)25-22(29-21)28-14-19(27)23-17-11-12-17/h1-3,8-9,15,17H,4-7,10-14H2,(H,23,27)(H,24,26). The van der Waals surface area contributed by atoms with Gasteiger partial charge in [0.15, 0.2) is 4.34 Å². The number of carbonyl (C=O) groups is 2. The zero-order valence-corrected chi connectivity index (χ0v) is 18.1. The molecule has 0 spiro atoms. The van der Waals surface area contributed by atoms with Crippen LogP contribution in [0.5, 0.6) is 0 Å². The fraction of sp³-hybridized carbons (Fsp3) is 0.500.